The van der Waals surface area contributed by atoms with Crippen molar-refractivity contribution in [2.45, 2.75) is 19.9 Å². The van der Waals surface area contributed by atoms with Gasteiger partial charge in [0, 0.05) is 16.9 Å². The summed E-state index contributed by atoms with van der Waals surface area (Å²) in [5, 5.41) is 3.50. The van der Waals surface area contributed by atoms with E-state index in [4.69, 9.17) is 0 Å². The number of nitrogens with zero attached hydrogens (tertiary/aromatic N) is 1. The monoisotopic (exact) mass is 304 g/mol. The molecule has 94 valence electrons. The number of benzene rings is 1. The van der Waals surface area contributed by atoms with Crippen LogP contribution in [0.2, 0.25) is 0 Å². The fraction of sp³-hybridized carbons (Fsp3) is 0.267. The molecule has 2 nitrogen and oxygen atoms in total. The summed E-state index contributed by atoms with van der Waals surface area (Å²) in [5.41, 5.74) is 3.69. The summed E-state index contributed by atoms with van der Waals surface area (Å²) in [6.45, 7) is 5.14. The van der Waals surface area contributed by atoms with Gasteiger partial charge in [-0.1, -0.05) is 41.1 Å². The molecule has 2 rings (SSSR count). The molecule has 18 heavy (non-hydrogen) atoms. The van der Waals surface area contributed by atoms with E-state index in [1.165, 1.54) is 16.7 Å². The van der Waals surface area contributed by atoms with Crippen LogP contribution in [-0.4, -0.2) is 11.5 Å². The summed E-state index contributed by atoms with van der Waals surface area (Å²) in [6.07, 6.45) is 3.72. The molecule has 0 aliphatic rings. The van der Waals surface area contributed by atoms with E-state index in [2.05, 4.69) is 64.3 Å². The fourth-order valence-corrected chi connectivity index (χ4v) is 2.36. The van der Waals surface area contributed by atoms with E-state index in [1.54, 1.807) is 6.20 Å². The molecule has 0 aliphatic carbocycles. The Balaban J connectivity index is 2.38. The Bertz CT molecular complexity index is 511. The van der Waals surface area contributed by atoms with Crippen LogP contribution in [0.3, 0.4) is 0 Å². The zero-order valence-corrected chi connectivity index (χ0v) is 12.2. The molecule has 0 amide bonds. The minimum absolute atomic E-state index is 0.195. The molecule has 0 fully saturated rings. The van der Waals surface area contributed by atoms with Gasteiger partial charge in [-0.2, -0.15) is 0 Å². The maximum absolute atomic E-state index is 4.20. The van der Waals surface area contributed by atoms with Crippen LogP contribution >= 0.6 is 15.9 Å². The molecule has 0 saturated carbocycles. The third-order valence-electron chi connectivity index (χ3n) is 2.96. The lowest BCUT2D eigenvalue weighted by atomic mass is 9.99. The van der Waals surface area contributed by atoms with Gasteiger partial charge in [0.15, 0.2) is 0 Å². The third kappa shape index (κ3) is 2.98. The van der Waals surface area contributed by atoms with Crippen molar-refractivity contribution >= 4 is 15.9 Å². The molecule has 1 atom stereocenters. The summed E-state index contributed by atoms with van der Waals surface area (Å²) >= 11 is 3.59. The number of nitrogens with one attached hydrogen (secondary N) is 1. The second kappa shape index (κ2) is 6.12. The molecule has 3 heteroatoms. The SMILES string of the molecule is CCNC(c1cccnc1)c1ccc(C)c(Br)c1. The van der Waals surface area contributed by atoms with Gasteiger partial charge in [-0.05, 0) is 42.3 Å². The maximum atomic E-state index is 4.20. The lowest BCUT2D eigenvalue weighted by Crippen LogP contribution is -2.22. The number of aromatic nitrogens is 1. The summed E-state index contributed by atoms with van der Waals surface area (Å²) in [7, 11) is 0. The first-order valence-electron chi connectivity index (χ1n) is 6.11. The van der Waals surface area contributed by atoms with Gasteiger partial charge in [-0.15, -0.1) is 0 Å². The van der Waals surface area contributed by atoms with Gasteiger partial charge >= 0.3 is 0 Å². The number of rotatable bonds is 4. The number of aryl methyl sites for hydroxylation is 1. The van der Waals surface area contributed by atoms with E-state index in [1.807, 2.05) is 12.3 Å². The molecule has 1 heterocycles. The third-order valence-corrected chi connectivity index (χ3v) is 3.81. The van der Waals surface area contributed by atoms with Crippen molar-refractivity contribution < 1.29 is 0 Å². The zero-order valence-electron chi connectivity index (χ0n) is 10.7. The first-order chi connectivity index (χ1) is 8.72. The van der Waals surface area contributed by atoms with E-state index in [-0.39, 0.29) is 6.04 Å². The van der Waals surface area contributed by atoms with E-state index in [0.29, 0.717) is 0 Å². The average Bonchev–Trinajstić information content (AvgIpc) is 2.40. The smallest absolute Gasteiger partial charge is 0.0592 e. The van der Waals surface area contributed by atoms with Gasteiger partial charge < -0.3 is 5.32 Å². The molecule has 0 bridgehead atoms. The van der Waals surface area contributed by atoms with E-state index in [0.717, 1.165) is 11.0 Å². The lowest BCUT2D eigenvalue weighted by Gasteiger charge is -2.19. The van der Waals surface area contributed by atoms with Gasteiger partial charge in [0.25, 0.3) is 0 Å². The predicted octanol–water partition coefficient (Wildman–Crippen LogP) is 3.85. The van der Waals surface area contributed by atoms with Gasteiger partial charge in [0.1, 0.15) is 0 Å². The van der Waals surface area contributed by atoms with Crippen LogP contribution in [0, 0.1) is 6.92 Å². The minimum Gasteiger partial charge on any atom is -0.306 e. The van der Waals surface area contributed by atoms with E-state index >= 15 is 0 Å². The van der Waals surface area contributed by atoms with Crippen molar-refractivity contribution in [3.63, 3.8) is 0 Å². The molecule has 1 unspecified atom stereocenters. The summed E-state index contributed by atoms with van der Waals surface area (Å²) in [4.78, 5) is 4.20. The van der Waals surface area contributed by atoms with Crippen LogP contribution in [-0.2, 0) is 0 Å². The number of hydrogen-bond donors (Lipinski definition) is 1. The topological polar surface area (TPSA) is 24.9 Å². The molecule has 0 radical (unpaired) electrons. The van der Waals surface area contributed by atoms with Crippen molar-refractivity contribution in [2.75, 3.05) is 6.54 Å². The van der Waals surface area contributed by atoms with Crippen LogP contribution < -0.4 is 5.32 Å². The molecular weight excluding hydrogens is 288 g/mol. The van der Waals surface area contributed by atoms with Crippen LogP contribution in [0.25, 0.3) is 0 Å². The normalized spacial score (nSPS) is 12.4. The second-order valence-electron chi connectivity index (χ2n) is 4.29. The van der Waals surface area contributed by atoms with Crippen molar-refractivity contribution in [3.05, 3.63) is 63.9 Å². The molecule has 1 aromatic carbocycles. The summed E-state index contributed by atoms with van der Waals surface area (Å²) in [6, 6.07) is 10.8. The highest BCUT2D eigenvalue weighted by Gasteiger charge is 2.13. The Kier molecular flexibility index (Phi) is 4.50. The van der Waals surface area contributed by atoms with Gasteiger partial charge in [-0.3, -0.25) is 4.98 Å². The lowest BCUT2D eigenvalue weighted by molar-refractivity contribution is 0.628. The predicted molar refractivity (Wildman–Crippen MR) is 78.6 cm³/mol. The molecule has 0 saturated heterocycles. The van der Waals surface area contributed by atoms with Gasteiger partial charge in [-0.25, -0.2) is 0 Å². The first kappa shape index (κ1) is 13.2. The Morgan fingerprint density at radius 2 is 2.11 bits per heavy atom. The highest BCUT2D eigenvalue weighted by molar-refractivity contribution is 9.10. The van der Waals surface area contributed by atoms with Crippen LogP contribution in [0.5, 0.6) is 0 Å². The number of halogens is 1. The Labute approximate surface area is 117 Å². The van der Waals surface area contributed by atoms with E-state index in [9.17, 15) is 0 Å². The van der Waals surface area contributed by atoms with Crippen molar-refractivity contribution in [1.82, 2.24) is 10.3 Å². The molecule has 0 spiro atoms. The zero-order chi connectivity index (χ0) is 13.0. The summed E-state index contributed by atoms with van der Waals surface area (Å²) < 4.78 is 1.15. The van der Waals surface area contributed by atoms with Gasteiger partial charge in [0.05, 0.1) is 6.04 Å². The maximum Gasteiger partial charge on any atom is 0.0592 e. The quantitative estimate of drug-likeness (QED) is 0.928. The van der Waals surface area contributed by atoms with Crippen molar-refractivity contribution in [2.24, 2.45) is 0 Å². The van der Waals surface area contributed by atoms with E-state index < -0.39 is 0 Å². The second-order valence-corrected chi connectivity index (χ2v) is 5.14. The Morgan fingerprint density at radius 3 is 2.72 bits per heavy atom. The van der Waals surface area contributed by atoms with Crippen LogP contribution in [0.1, 0.15) is 29.7 Å². The largest absolute Gasteiger partial charge is 0.306 e. The van der Waals surface area contributed by atoms with Crippen molar-refractivity contribution in [3.8, 4) is 0 Å². The molecule has 1 aromatic heterocycles. The number of pyridine rings is 1. The molecule has 2 aromatic rings. The Morgan fingerprint density at radius 1 is 1.28 bits per heavy atom. The number of hydrogen-bond acceptors (Lipinski definition) is 2. The standard InChI is InChI=1S/C15H17BrN2/c1-3-18-15(13-5-4-8-17-10-13)12-7-6-11(2)14(16)9-12/h4-10,15,18H,3H2,1-2H3. The first-order valence-corrected chi connectivity index (χ1v) is 6.91. The molecular formula is C15H17BrN2. The summed E-state index contributed by atoms with van der Waals surface area (Å²) in [5.74, 6) is 0. The minimum atomic E-state index is 0.195. The molecule has 0 aliphatic heterocycles. The fourth-order valence-electron chi connectivity index (χ4n) is 1.97. The molecule has 1 N–H and O–H groups in total. The average molecular weight is 305 g/mol. The highest BCUT2D eigenvalue weighted by Crippen LogP contribution is 2.26. The highest BCUT2D eigenvalue weighted by atomic mass is 79.9. The van der Waals surface area contributed by atoms with Crippen molar-refractivity contribution in [1.29, 1.82) is 0 Å². The van der Waals surface area contributed by atoms with Crippen LogP contribution in [0.15, 0.2) is 47.2 Å². The van der Waals surface area contributed by atoms with Crippen LogP contribution in [0.4, 0.5) is 0 Å². The Hall–Kier alpha value is -1.19. The van der Waals surface area contributed by atoms with Gasteiger partial charge in [0.2, 0.25) is 0 Å².